The van der Waals surface area contributed by atoms with Crippen LogP contribution in [0.15, 0.2) is 36.8 Å². The normalized spacial score (nSPS) is 21.9. The molecule has 3 rings (SSSR count). The SMILES string of the molecule is CC(C)Oc1ccc(-n2cncc2C2(C)CCNC2)cc1. The summed E-state index contributed by atoms with van der Waals surface area (Å²) in [7, 11) is 0. The molecular weight excluding hydrogens is 262 g/mol. The summed E-state index contributed by atoms with van der Waals surface area (Å²) in [4.78, 5) is 4.36. The molecule has 4 heteroatoms. The second kappa shape index (κ2) is 5.53. The molecule has 112 valence electrons. The number of nitrogens with zero attached hydrogens (tertiary/aromatic N) is 2. The van der Waals surface area contributed by atoms with Gasteiger partial charge in [0.25, 0.3) is 0 Å². The number of hydrogen-bond donors (Lipinski definition) is 1. The van der Waals surface area contributed by atoms with Gasteiger partial charge in [-0.3, -0.25) is 0 Å². The van der Waals surface area contributed by atoms with Crippen LogP contribution in [0.1, 0.15) is 32.9 Å². The Kier molecular flexibility index (Phi) is 3.72. The first kappa shape index (κ1) is 14.1. The van der Waals surface area contributed by atoms with Gasteiger partial charge in [0.05, 0.1) is 12.4 Å². The Balaban J connectivity index is 1.89. The van der Waals surface area contributed by atoms with E-state index in [2.05, 4.69) is 33.9 Å². The van der Waals surface area contributed by atoms with Crippen LogP contribution in [-0.4, -0.2) is 28.7 Å². The van der Waals surface area contributed by atoms with Crippen molar-refractivity contribution in [3.05, 3.63) is 42.5 Å². The topological polar surface area (TPSA) is 39.1 Å². The molecule has 4 nitrogen and oxygen atoms in total. The molecule has 0 aliphatic carbocycles. The highest BCUT2D eigenvalue weighted by atomic mass is 16.5. The summed E-state index contributed by atoms with van der Waals surface area (Å²) >= 11 is 0. The molecule has 1 fully saturated rings. The fraction of sp³-hybridized carbons (Fsp3) is 0.471. The van der Waals surface area contributed by atoms with Crippen molar-refractivity contribution >= 4 is 0 Å². The molecule has 1 unspecified atom stereocenters. The molecule has 0 spiro atoms. The van der Waals surface area contributed by atoms with Gasteiger partial charge in [0.2, 0.25) is 0 Å². The number of imidazole rings is 1. The van der Waals surface area contributed by atoms with Gasteiger partial charge in [-0.2, -0.15) is 0 Å². The van der Waals surface area contributed by atoms with Crippen molar-refractivity contribution in [2.45, 2.75) is 38.7 Å². The van der Waals surface area contributed by atoms with Gasteiger partial charge in [0.15, 0.2) is 0 Å². The highest BCUT2D eigenvalue weighted by Gasteiger charge is 2.33. The van der Waals surface area contributed by atoms with E-state index in [-0.39, 0.29) is 11.5 Å². The maximum atomic E-state index is 5.70. The van der Waals surface area contributed by atoms with Crippen LogP contribution in [-0.2, 0) is 5.41 Å². The molecule has 1 aliphatic heterocycles. The molecule has 2 aromatic rings. The van der Waals surface area contributed by atoms with Gasteiger partial charge in [-0.15, -0.1) is 0 Å². The van der Waals surface area contributed by atoms with Crippen LogP contribution in [0.3, 0.4) is 0 Å². The lowest BCUT2D eigenvalue weighted by Crippen LogP contribution is -2.27. The molecule has 21 heavy (non-hydrogen) atoms. The first-order valence-electron chi connectivity index (χ1n) is 7.59. The zero-order chi connectivity index (χ0) is 14.9. The third-order valence-corrected chi connectivity index (χ3v) is 4.11. The third-order valence-electron chi connectivity index (χ3n) is 4.11. The van der Waals surface area contributed by atoms with E-state index in [1.807, 2.05) is 38.5 Å². The Morgan fingerprint density at radius 1 is 1.29 bits per heavy atom. The molecule has 0 bridgehead atoms. The van der Waals surface area contributed by atoms with Crippen molar-refractivity contribution in [2.75, 3.05) is 13.1 Å². The van der Waals surface area contributed by atoms with E-state index in [0.717, 1.165) is 30.9 Å². The summed E-state index contributed by atoms with van der Waals surface area (Å²) in [5.74, 6) is 0.907. The predicted octanol–water partition coefficient (Wildman–Crippen LogP) is 2.91. The fourth-order valence-corrected chi connectivity index (χ4v) is 2.94. The molecule has 1 aromatic heterocycles. The molecule has 2 heterocycles. The van der Waals surface area contributed by atoms with Gasteiger partial charge in [0, 0.05) is 29.5 Å². The Bertz CT molecular complexity index is 595. The van der Waals surface area contributed by atoms with Crippen LogP contribution in [0, 0.1) is 0 Å². The van der Waals surface area contributed by atoms with Gasteiger partial charge in [-0.25, -0.2) is 4.98 Å². The van der Waals surface area contributed by atoms with E-state index in [0.29, 0.717) is 0 Å². The second-order valence-electron chi connectivity index (χ2n) is 6.30. The Labute approximate surface area is 126 Å². The summed E-state index contributed by atoms with van der Waals surface area (Å²) in [6, 6.07) is 8.23. The van der Waals surface area contributed by atoms with Crippen molar-refractivity contribution in [1.82, 2.24) is 14.9 Å². The second-order valence-corrected chi connectivity index (χ2v) is 6.30. The van der Waals surface area contributed by atoms with Gasteiger partial charge in [0.1, 0.15) is 5.75 Å². The van der Waals surface area contributed by atoms with E-state index in [9.17, 15) is 0 Å². The third kappa shape index (κ3) is 2.81. The van der Waals surface area contributed by atoms with E-state index < -0.39 is 0 Å². The van der Waals surface area contributed by atoms with Crippen LogP contribution in [0.4, 0.5) is 0 Å². The maximum absolute atomic E-state index is 5.70. The van der Waals surface area contributed by atoms with Crippen molar-refractivity contribution in [1.29, 1.82) is 0 Å². The standard InChI is InChI=1S/C17H23N3O/c1-13(2)21-15-6-4-14(5-7-15)20-12-19-10-16(20)17(3)8-9-18-11-17/h4-7,10,12-13,18H,8-9,11H2,1-3H3. The van der Waals surface area contributed by atoms with Gasteiger partial charge < -0.3 is 14.6 Å². The minimum Gasteiger partial charge on any atom is -0.491 e. The molecule has 0 radical (unpaired) electrons. The number of benzene rings is 1. The maximum Gasteiger partial charge on any atom is 0.119 e. The summed E-state index contributed by atoms with van der Waals surface area (Å²) in [6.45, 7) is 8.46. The molecule has 1 aliphatic rings. The highest BCUT2D eigenvalue weighted by Crippen LogP contribution is 2.31. The van der Waals surface area contributed by atoms with E-state index >= 15 is 0 Å². The number of hydrogen-bond acceptors (Lipinski definition) is 3. The average Bonchev–Trinajstić information content (AvgIpc) is 3.08. The lowest BCUT2D eigenvalue weighted by molar-refractivity contribution is 0.242. The van der Waals surface area contributed by atoms with Crippen LogP contribution in [0.5, 0.6) is 5.75 Å². The van der Waals surface area contributed by atoms with Crippen LogP contribution < -0.4 is 10.1 Å². The zero-order valence-electron chi connectivity index (χ0n) is 13.0. The van der Waals surface area contributed by atoms with Crippen LogP contribution >= 0.6 is 0 Å². The highest BCUT2D eigenvalue weighted by molar-refractivity contribution is 5.40. The quantitative estimate of drug-likeness (QED) is 0.939. The number of nitrogens with one attached hydrogen (secondary N) is 1. The molecular formula is C17H23N3O. The van der Waals surface area contributed by atoms with Crippen LogP contribution in [0.2, 0.25) is 0 Å². The number of aromatic nitrogens is 2. The minimum atomic E-state index is 0.156. The lowest BCUT2D eigenvalue weighted by atomic mass is 9.86. The molecule has 0 amide bonds. The van der Waals surface area contributed by atoms with Gasteiger partial charge in [-0.1, -0.05) is 6.92 Å². The van der Waals surface area contributed by atoms with E-state index in [4.69, 9.17) is 4.74 Å². The molecule has 1 atom stereocenters. The van der Waals surface area contributed by atoms with E-state index in [1.165, 1.54) is 5.69 Å². The zero-order valence-corrected chi connectivity index (χ0v) is 13.0. The number of ether oxygens (including phenoxy) is 1. The monoisotopic (exact) mass is 285 g/mol. The molecule has 1 N–H and O–H groups in total. The van der Waals surface area contributed by atoms with Crippen molar-refractivity contribution in [2.24, 2.45) is 0 Å². The lowest BCUT2D eigenvalue weighted by Gasteiger charge is -2.24. The number of rotatable bonds is 4. The van der Waals surface area contributed by atoms with Crippen molar-refractivity contribution < 1.29 is 4.74 Å². The largest absolute Gasteiger partial charge is 0.491 e. The van der Waals surface area contributed by atoms with E-state index in [1.54, 1.807) is 0 Å². The Morgan fingerprint density at radius 2 is 2.05 bits per heavy atom. The summed E-state index contributed by atoms with van der Waals surface area (Å²) < 4.78 is 7.89. The molecule has 0 saturated carbocycles. The minimum absolute atomic E-state index is 0.156. The smallest absolute Gasteiger partial charge is 0.119 e. The van der Waals surface area contributed by atoms with Gasteiger partial charge in [-0.05, 0) is 51.1 Å². The van der Waals surface area contributed by atoms with Crippen molar-refractivity contribution in [3.63, 3.8) is 0 Å². The molecule has 1 aromatic carbocycles. The first-order chi connectivity index (χ1) is 10.1. The van der Waals surface area contributed by atoms with Gasteiger partial charge >= 0.3 is 0 Å². The fourth-order valence-electron chi connectivity index (χ4n) is 2.94. The Morgan fingerprint density at radius 3 is 2.67 bits per heavy atom. The summed E-state index contributed by atoms with van der Waals surface area (Å²) in [5.41, 5.74) is 2.56. The Hall–Kier alpha value is -1.81. The first-order valence-corrected chi connectivity index (χ1v) is 7.59. The van der Waals surface area contributed by atoms with Crippen LogP contribution in [0.25, 0.3) is 5.69 Å². The predicted molar refractivity (Wildman–Crippen MR) is 84.2 cm³/mol. The molecule has 1 saturated heterocycles. The summed E-state index contributed by atoms with van der Waals surface area (Å²) in [6.07, 6.45) is 5.24. The summed E-state index contributed by atoms with van der Waals surface area (Å²) in [5, 5.41) is 3.45. The average molecular weight is 285 g/mol. The van der Waals surface area contributed by atoms with Crippen molar-refractivity contribution in [3.8, 4) is 11.4 Å².